The number of amides is 1. The number of rotatable bonds is 3. The molecule has 1 aliphatic rings. The first-order valence-electron chi connectivity index (χ1n) is 8.09. The highest BCUT2D eigenvalue weighted by molar-refractivity contribution is 6.30. The molecule has 0 fully saturated rings. The van der Waals surface area contributed by atoms with Crippen molar-refractivity contribution in [3.8, 4) is 0 Å². The van der Waals surface area contributed by atoms with Crippen LogP contribution in [0.5, 0.6) is 0 Å². The molecule has 1 aromatic heterocycles. The van der Waals surface area contributed by atoms with Crippen molar-refractivity contribution in [2.75, 3.05) is 16.8 Å². The zero-order chi connectivity index (χ0) is 17.2. The van der Waals surface area contributed by atoms with Gasteiger partial charge in [0, 0.05) is 22.8 Å². The molecule has 1 N–H and O–H groups in total. The van der Waals surface area contributed by atoms with Crippen LogP contribution in [0, 0.1) is 0 Å². The van der Waals surface area contributed by atoms with E-state index in [9.17, 15) is 4.79 Å². The molecule has 1 amide bonds. The van der Waals surface area contributed by atoms with E-state index < -0.39 is 0 Å². The van der Waals surface area contributed by atoms with Crippen molar-refractivity contribution >= 4 is 34.7 Å². The fourth-order valence-electron chi connectivity index (χ4n) is 3.02. The van der Waals surface area contributed by atoms with Gasteiger partial charge in [0.1, 0.15) is 5.82 Å². The average Bonchev–Trinajstić information content (AvgIpc) is 3.07. The summed E-state index contributed by atoms with van der Waals surface area (Å²) < 4.78 is 0. The van der Waals surface area contributed by atoms with Crippen molar-refractivity contribution in [1.29, 1.82) is 0 Å². The number of fused-ring (bicyclic) bond motifs is 1. The van der Waals surface area contributed by atoms with Crippen LogP contribution in [0.15, 0.2) is 66.9 Å². The molecule has 2 aromatic carbocycles. The second kappa shape index (κ2) is 6.57. The van der Waals surface area contributed by atoms with Gasteiger partial charge in [-0.05, 0) is 54.4 Å². The second-order valence-corrected chi connectivity index (χ2v) is 6.33. The van der Waals surface area contributed by atoms with Gasteiger partial charge in [0.15, 0.2) is 0 Å². The summed E-state index contributed by atoms with van der Waals surface area (Å²) in [6.07, 6.45) is 2.82. The fraction of sp³-hybridized carbons (Fsp3) is 0.100. The van der Waals surface area contributed by atoms with E-state index in [4.69, 9.17) is 11.6 Å². The van der Waals surface area contributed by atoms with Gasteiger partial charge >= 0.3 is 0 Å². The van der Waals surface area contributed by atoms with Crippen molar-refractivity contribution in [1.82, 2.24) is 4.98 Å². The van der Waals surface area contributed by atoms with Crippen molar-refractivity contribution in [3.63, 3.8) is 0 Å². The number of nitrogens with one attached hydrogen (secondary N) is 1. The molecule has 0 atom stereocenters. The second-order valence-electron chi connectivity index (χ2n) is 5.89. The summed E-state index contributed by atoms with van der Waals surface area (Å²) in [5.41, 5.74) is 4.14. The molecule has 124 valence electrons. The lowest BCUT2D eigenvalue weighted by Gasteiger charge is -2.19. The summed E-state index contributed by atoms with van der Waals surface area (Å²) in [6.45, 7) is 0.942. The lowest BCUT2D eigenvalue weighted by Crippen LogP contribution is -2.15. The molecule has 25 heavy (non-hydrogen) atoms. The number of carbonyl (C=O) groups excluding carboxylic acids is 1. The third-order valence-corrected chi connectivity index (χ3v) is 4.55. The molecule has 2 heterocycles. The van der Waals surface area contributed by atoms with Gasteiger partial charge in [-0.1, -0.05) is 29.8 Å². The minimum atomic E-state index is -0.205. The molecular formula is C20H16ClN3O. The number of carbonyl (C=O) groups is 1. The van der Waals surface area contributed by atoms with E-state index in [-0.39, 0.29) is 5.91 Å². The molecule has 4 rings (SSSR count). The standard InChI is InChI=1S/C20H16ClN3O/c21-16-7-5-15(6-8-16)20(25)23-19-10-9-17(13-22-19)24-12-11-14-3-1-2-4-18(14)24/h1-10,13H,11-12H2,(H,22,23,25). The zero-order valence-electron chi connectivity index (χ0n) is 13.4. The number of nitrogens with zero attached hydrogens (tertiary/aromatic N) is 2. The Morgan fingerprint density at radius 2 is 1.84 bits per heavy atom. The van der Waals surface area contributed by atoms with Gasteiger partial charge in [0.2, 0.25) is 0 Å². The Bertz CT molecular complexity index is 907. The highest BCUT2D eigenvalue weighted by Crippen LogP contribution is 2.34. The van der Waals surface area contributed by atoms with Gasteiger partial charge in [-0.2, -0.15) is 0 Å². The monoisotopic (exact) mass is 349 g/mol. The highest BCUT2D eigenvalue weighted by Gasteiger charge is 2.19. The summed E-state index contributed by atoms with van der Waals surface area (Å²) in [6, 6.07) is 19.0. The number of pyridine rings is 1. The van der Waals surface area contributed by atoms with E-state index >= 15 is 0 Å². The predicted octanol–water partition coefficient (Wildman–Crippen LogP) is 4.68. The first kappa shape index (κ1) is 15.7. The molecule has 4 nitrogen and oxygen atoms in total. The van der Waals surface area contributed by atoms with Gasteiger partial charge in [0.05, 0.1) is 11.9 Å². The van der Waals surface area contributed by atoms with E-state index in [0.29, 0.717) is 16.4 Å². The molecule has 0 saturated heterocycles. The first-order chi connectivity index (χ1) is 12.2. The number of benzene rings is 2. The molecule has 5 heteroatoms. The molecule has 0 bridgehead atoms. The number of anilines is 3. The fourth-order valence-corrected chi connectivity index (χ4v) is 3.14. The Labute approximate surface area is 151 Å². The van der Waals surface area contributed by atoms with E-state index in [0.717, 1.165) is 18.7 Å². The number of hydrogen-bond donors (Lipinski definition) is 1. The SMILES string of the molecule is O=C(Nc1ccc(N2CCc3ccccc32)cn1)c1ccc(Cl)cc1. The van der Waals surface area contributed by atoms with E-state index in [1.54, 1.807) is 30.5 Å². The summed E-state index contributed by atoms with van der Waals surface area (Å²) in [5, 5.41) is 3.40. The maximum atomic E-state index is 12.2. The van der Waals surface area contributed by atoms with Crippen molar-refractivity contribution in [3.05, 3.63) is 83.0 Å². The van der Waals surface area contributed by atoms with Crippen LogP contribution >= 0.6 is 11.6 Å². The molecule has 0 saturated carbocycles. The maximum absolute atomic E-state index is 12.2. The molecule has 0 unspecified atom stereocenters. The third kappa shape index (κ3) is 3.21. The lowest BCUT2D eigenvalue weighted by molar-refractivity contribution is 0.102. The topological polar surface area (TPSA) is 45.2 Å². The van der Waals surface area contributed by atoms with Crippen LogP contribution in [-0.4, -0.2) is 17.4 Å². The summed E-state index contributed by atoms with van der Waals surface area (Å²) >= 11 is 5.84. The molecule has 0 radical (unpaired) electrons. The normalized spacial score (nSPS) is 12.8. The van der Waals surface area contributed by atoms with Crippen LogP contribution < -0.4 is 10.2 Å². The Morgan fingerprint density at radius 1 is 1.04 bits per heavy atom. The summed E-state index contributed by atoms with van der Waals surface area (Å²) in [5.74, 6) is 0.319. The van der Waals surface area contributed by atoms with Crippen LogP contribution in [0.25, 0.3) is 0 Å². The minimum Gasteiger partial charge on any atom is -0.340 e. The van der Waals surface area contributed by atoms with Gasteiger partial charge in [-0.15, -0.1) is 0 Å². The van der Waals surface area contributed by atoms with E-state index in [2.05, 4.69) is 33.4 Å². The Morgan fingerprint density at radius 3 is 2.60 bits per heavy atom. The third-order valence-electron chi connectivity index (χ3n) is 4.29. The van der Waals surface area contributed by atoms with Gasteiger partial charge in [0.25, 0.3) is 5.91 Å². The van der Waals surface area contributed by atoms with Crippen LogP contribution in [0.1, 0.15) is 15.9 Å². The molecule has 0 aliphatic carbocycles. The molecule has 1 aliphatic heterocycles. The number of para-hydroxylation sites is 1. The van der Waals surface area contributed by atoms with Gasteiger partial charge in [-0.25, -0.2) is 4.98 Å². The Hall–Kier alpha value is -2.85. The van der Waals surface area contributed by atoms with Crippen LogP contribution in [0.2, 0.25) is 5.02 Å². The average molecular weight is 350 g/mol. The predicted molar refractivity (Wildman–Crippen MR) is 101 cm³/mol. The Kier molecular flexibility index (Phi) is 4.12. The largest absolute Gasteiger partial charge is 0.340 e. The van der Waals surface area contributed by atoms with E-state index in [1.807, 2.05) is 18.2 Å². The van der Waals surface area contributed by atoms with Crippen LogP contribution in [0.4, 0.5) is 17.2 Å². The van der Waals surface area contributed by atoms with Gasteiger partial charge < -0.3 is 10.2 Å². The van der Waals surface area contributed by atoms with Crippen molar-refractivity contribution in [2.45, 2.75) is 6.42 Å². The number of aromatic nitrogens is 1. The number of halogens is 1. The zero-order valence-corrected chi connectivity index (χ0v) is 14.2. The minimum absolute atomic E-state index is 0.205. The maximum Gasteiger partial charge on any atom is 0.256 e. The molecular weight excluding hydrogens is 334 g/mol. The smallest absolute Gasteiger partial charge is 0.256 e. The lowest BCUT2D eigenvalue weighted by atomic mass is 10.2. The van der Waals surface area contributed by atoms with Crippen LogP contribution in [0.3, 0.4) is 0 Å². The van der Waals surface area contributed by atoms with Gasteiger partial charge in [-0.3, -0.25) is 4.79 Å². The summed E-state index contributed by atoms with van der Waals surface area (Å²) in [7, 11) is 0. The van der Waals surface area contributed by atoms with E-state index in [1.165, 1.54) is 11.3 Å². The van der Waals surface area contributed by atoms with Crippen molar-refractivity contribution < 1.29 is 4.79 Å². The number of hydrogen-bond acceptors (Lipinski definition) is 3. The summed E-state index contributed by atoms with van der Waals surface area (Å²) in [4.78, 5) is 18.8. The molecule has 0 spiro atoms. The van der Waals surface area contributed by atoms with Crippen LogP contribution in [-0.2, 0) is 6.42 Å². The highest BCUT2D eigenvalue weighted by atomic mass is 35.5. The quantitative estimate of drug-likeness (QED) is 0.746. The Balaban J connectivity index is 1.49. The van der Waals surface area contributed by atoms with Crippen molar-refractivity contribution in [2.24, 2.45) is 0 Å². The first-order valence-corrected chi connectivity index (χ1v) is 8.47. The molecule has 3 aromatic rings.